The molecule has 0 heterocycles. The van der Waals surface area contributed by atoms with Crippen molar-refractivity contribution in [3.8, 4) is 0 Å². The topological polar surface area (TPSA) is 107 Å². The van der Waals surface area contributed by atoms with Crippen LogP contribution in [0.1, 0.15) is 66.7 Å². The van der Waals surface area contributed by atoms with Crippen molar-refractivity contribution < 1.29 is 33.8 Å². The molecule has 9 atom stereocenters. The minimum absolute atomic E-state index is 0.0669. The lowest BCUT2D eigenvalue weighted by Gasteiger charge is -2.64. The second kappa shape index (κ2) is 9.49. The van der Waals surface area contributed by atoms with Crippen molar-refractivity contribution in [2.24, 2.45) is 28.6 Å². The molecule has 0 amide bonds. The van der Waals surface area contributed by atoms with Crippen LogP contribution in [0.2, 0.25) is 0 Å². The molecule has 0 aliphatic heterocycles. The lowest BCUT2D eigenvalue weighted by molar-refractivity contribution is -0.203. The molecule has 0 aromatic heterocycles. The van der Waals surface area contributed by atoms with E-state index in [9.17, 15) is 24.3 Å². The Bertz CT molecular complexity index is 1080. The number of aliphatic hydroxyl groups is 1. The Balaban J connectivity index is 1.83. The summed E-state index contributed by atoms with van der Waals surface area (Å²) in [5.74, 6) is -2.71. The molecule has 4 rings (SSSR count). The lowest BCUT2D eigenvalue weighted by atomic mass is 9.45. The number of hydrogen-bond acceptors (Lipinski definition) is 7. The van der Waals surface area contributed by atoms with Gasteiger partial charge < -0.3 is 14.6 Å². The number of alkyl halides is 2. The molecule has 3 fully saturated rings. The highest BCUT2D eigenvalue weighted by Crippen LogP contribution is 2.72. The van der Waals surface area contributed by atoms with Gasteiger partial charge in [0.15, 0.2) is 18.0 Å². The van der Waals surface area contributed by atoms with E-state index in [4.69, 9.17) is 32.7 Å². The molecule has 7 nitrogen and oxygen atoms in total. The van der Waals surface area contributed by atoms with Crippen molar-refractivity contribution >= 4 is 46.7 Å². The van der Waals surface area contributed by atoms with Crippen molar-refractivity contribution in [1.82, 2.24) is 0 Å². The van der Waals surface area contributed by atoms with Gasteiger partial charge >= 0.3 is 11.9 Å². The fraction of sp³-hybridized carbons (Fsp3) is 0.714. The molecule has 0 bridgehead atoms. The van der Waals surface area contributed by atoms with E-state index in [0.29, 0.717) is 18.4 Å². The third-order valence-electron chi connectivity index (χ3n) is 9.80. The molecule has 0 aromatic rings. The Hall–Kier alpha value is -1.70. The number of hydrogen-bond donors (Lipinski definition) is 1. The van der Waals surface area contributed by atoms with Gasteiger partial charge in [0.2, 0.25) is 5.78 Å². The molecular formula is C28H36Cl2O7. The van der Waals surface area contributed by atoms with E-state index in [2.05, 4.69) is 0 Å². The molecule has 0 saturated heterocycles. The van der Waals surface area contributed by atoms with Crippen molar-refractivity contribution in [2.45, 2.75) is 88.7 Å². The minimum Gasteiger partial charge on any atom is -0.457 e. The van der Waals surface area contributed by atoms with Crippen molar-refractivity contribution in [2.75, 3.05) is 6.61 Å². The van der Waals surface area contributed by atoms with Crippen LogP contribution in [0.15, 0.2) is 23.8 Å². The van der Waals surface area contributed by atoms with Gasteiger partial charge in [0.25, 0.3) is 0 Å². The Morgan fingerprint density at radius 1 is 1.11 bits per heavy atom. The molecule has 204 valence electrons. The standard InChI is InChI=1S/C28H36Cl2O7/c1-6-23(34)36-14-22(33)28(37-24(35)7-2)15(3)10-17-18-12-20(29)19-11-16(31)8-9-25(19,4)27(18,30)21(32)13-26(17,28)5/h8-9,11,15,17-18,20-21,32H,6-7,10,12-14H2,1-5H3/t15-,17-,18-,20-,21-,25-,26-,27-,28-/m0/s1. The van der Waals surface area contributed by atoms with E-state index in [1.165, 1.54) is 12.2 Å². The number of rotatable bonds is 6. The summed E-state index contributed by atoms with van der Waals surface area (Å²) in [7, 11) is 0. The molecule has 37 heavy (non-hydrogen) atoms. The summed E-state index contributed by atoms with van der Waals surface area (Å²) in [6, 6.07) is 0. The van der Waals surface area contributed by atoms with Gasteiger partial charge in [0.05, 0.1) is 16.4 Å². The van der Waals surface area contributed by atoms with Gasteiger partial charge in [-0.1, -0.05) is 40.7 Å². The summed E-state index contributed by atoms with van der Waals surface area (Å²) in [5, 5.41) is 11.3. The van der Waals surface area contributed by atoms with Gasteiger partial charge in [0.1, 0.15) is 0 Å². The average molecular weight is 555 g/mol. The van der Waals surface area contributed by atoms with Crippen LogP contribution in [-0.4, -0.2) is 57.2 Å². The van der Waals surface area contributed by atoms with Gasteiger partial charge in [-0.3, -0.25) is 19.2 Å². The van der Waals surface area contributed by atoms with Crippen LogP contribution in [0.25, 0.3) is 0 Å². The Kier molecular flexibility index (Phi) is 7.26. The summed E-state index contributed by atoms with van der Waals surface area (Å²) in [5.41, 5.74) is -2.78. The highest BCUT2D eigenvalue weighted by molar-refractivity contribution is 6.28. The van der Waals surface area contributed by atoms with E-state index in [0.717, 1.165) is 0 Å². The molecular weight excluding hydrogens is 519 g/mol. The molecule has 0 spiro atoms. The van der Waals surface area contributed by atoms with Gasteiger partial charge in [-0.2, -0.15) is 0 Å². The van der Waals surface area contributed by atoms with Crippen LogP contribution in [0, 0.1) is 28.6 Å². The average Bonchev–Trinajstić information content (AvgIpc) is 3.07. The maximum absolute atomic E-state index is 13.9. The lowest BCUT2D eigenvalue weighted by Crippen LogP contribution is -2.70. The monoisotopic (exact) mass is 554 g/mol. The molecule has 9 heteroatoms. The number of esters is 2. The molecule has 0 radical (unpaired) electrons. The smallest absolute Gasteiger partial charge is 0.306 e. The molecule has 0 unspecified atom stereocenters. The van der Waals surface area contributed by atoms with E-state index >= 15 is 0 Å². The number of ether oxygens (including phenoxy) is 2. The summed E-state index contributed by atoms with van der Waals surface area (Å²) in [4.78, 5) is 49.5. The van der Waals surface area contributed by atoms with Crippen LogP contribution in [0.5, 0.6) is 0 Å². The first-order valence-electron chi connectivity index (χ1n) is 13.1. The summed E-state index contributed by atoms with van der Waals surface area (Å²) in [6.07, 6.45) is 4.81. The number of carbonyl (C=O) groups excluding carboxylic acids is 4. The summed E-state index contributed by atoms with van der Waals surface area (Å²) in [6.45, 7) is 8.41. The van der Waals surface area contributed by atoms with Crippen LogP contribution >= 0.6 is 23.2 Å². The quantitative estimate of drug-likeness (QED) is 0.385. The zero-order valence-electron chi connectivity index (χ0n) is 22.0. The fourth-order valence-electron chi connectivity index (χ4n) is 8.00. The predicted octanol–water partition coefficient (Wildman–Crippen LogP) is 4.30. The fourth-order valence-corrected chi connectivity index (χ4v) is 8.97. The first-order valence-corrected chi connectivity index (χ1v) is 13.9. The van der Waals surface area contributed by atoms with E-state index < -0.39 is 63.0 Å². The zero-order chi connectivity index (χ0) is 27.6. The van der Waals surface area contributed by atoms with Crippen LogP contribution in [-0.2, 0) is 28.7 Å². The molecule has 1 N–H and O–H groups in total. The van der Waals surface area contributed by atoms with E-state index in [-0.39, 0.29) is 36.9 Å². The number of ketones is 2. The summed E-state index contributed by atoms with van der Waals surface area (Å²) < 4.78 is 11.3. The highest BCUT2D eigenvalue weighted by Gasteiger charge is 2.77. The normalized spacial score (nSPS) is 44.3. The van der Waals surface area contributed by atoms with Crippen molar-refractivity contribution in [3.63, 3.8) is 0 Å². The number of halogens is 2. The Morgan fingerprint density at radius 3 is 2.38 bits per heavy atom. The Labute approximate surface area is 227 Å². The van der Waals surface area contributed by atoms with Crippen molar-refractivity contribution in [3.05, 3.63) is 23.8 Å². The Morgan fingerprint density at radius 2 is 1.76 bits per heavy atom. The summed E-state index contributed by atoms with van der Waals surface area (Å²) >= 11 is 14.4. The number of carbonyl (C=O) groups is 4. The van der Waals surface area contributed by atoms with Crippen LogP contribution in [0.4, 0.5) is 0 Å². The van der Waals surface area contributed by atoms with Gasteiger partial charge in [0, 0.05) is 29.6 Å². The molecule has 0 aromatic carbocycles. The number of Topliss-reactive ketones (excluding diaryl/α,β-unsaturated/α-hetero) is 1. The van der Waals surface area contributed by atoms with Crippen LogP contribution in [0.3, 0.4) is 0 Å². The van der Waals surface area contributed by atoms with Gasteiger partial charge in [-0.25, -0.2) is 0 Å². The van der Waals surface area contributed by atoms with Crippen LogP contribution < -0.4 is 0 Å². The second-order valence-electron chi connectivity index (χ2n) is 11.5. The molecule has 4 aliphatic carbocycles. The third kappa shape index (κ3) is 3.78. The van der Waals surface area contributed by atoms with Gasteiger partial charge in [-0.15, -0.1) is 23.2 Å². The number of allylic oxidation sites excluding steroid dienone is 4. The minimum atomic E-state index is -1.60. The third-order valence-corrected chi connectivity index (χ3v) is 11.1. The van der Waals surface area contributed by atoms with E-state index in [1.54, 1.807) is 19.9 Å². The predicted molar refractivity (Wildman–Crippen MR) is 138 cm³/mol. The first kappa shape index (κ1) is 28.3. The SMILES string of the molecule is CCC(=O)OCC(=O)[C@@]1(OC(=O)CC)[C@@H](C)C[C@H]2[C@@H]3C[C@H](Cl)C4=CC(=O)C=C[C@]4(C)[C@@]3(Cl)[C@@H](O)C[C@@]21C. The van der Waals surface area contributed by atoms with Gasteiger partial charge in [-0.05, 0) is 48.8 Å². The molecule has 4 aliphatic rings. The highest BCUT2D eigenvalue weighted by atomic mass is 35.5. The number of aliphatic hydroxyl groups excluding tert-OH is 1. The largest absolute Gasteiger partial charge is 0.457 e. The number of fused-ring (bicyclic) bond motifs is 5. The van der Waals surface area contributed by atoms with Crippen molar-refractivity contribution in [1.29, 1.82) is 0 Å². The molecule has 3 saturated carbocycles. The zero-order valence-corrected chi connectivity index (χ0v) is 23.5. The van der Waals surface area contributed by atoms with E-state index in [1.807, 2.05) is 20.8 Å². The maximum Gasteiger partial charge on any atom is 0.306 e. The first-order chi connectivity index (χ1) is 17.2. The second-order valence-corrected chi connectivity index (χ2v) is 12.6. The maximum atomic E-state index is 13.9.